The van der Waals surface area contributed by atoms with Gasteiger partial charge in [0, 0.05) is 24.8 Å². The van der Waals surface area contributed by atoms with E-state index in [4.69, 9.17) is 9.47 Å². The maximum atomic E-state index is 14.1. The lowest BCUT2D eigenvalue weighted by Crippen LogP contribution is -2.42. The Balaban J connectivity index is 1.54. The maximum Gasteiger partial charge on any atom is 0.227 e. The summed E-state index contributed by atoms with van der Waals surface area (Å²) in [5, 5.41) is 7.41. The van der Waals surface area contributed by atoms with Gasteiger partial charge in [-0.1, -0.05) is 0 Å². The molecular weight excluding hydrogens is 403 g/mol. The van der Waals surface area contributed by atoms with Crippen LogP contribution in [0.2, 0.25) is 0 Å². The number of anilines is 2. The van der Waals surface area contributed by atoms with Crippen molar-refractivity contribution in [3.05, 3.63) is 48.2 Å². The van der Waals surface area contributed by atoms with Crippen molar-refractivity contribution in [2.75, 3.05) is 38.7 Å². The first-order valence-electron chi connectivity index (χ1n) is 9.85. The number of methoxy groups -OCH3 is 1. The van der Waals surface area contributed by atoms with E-state index in [0.717, 1.165) is 11.8 Å². The van der Waals surface area contributed by atoms with Gasteiger partial charge in [-0.05, 0) is 30.7 Å². The molecule has 0 radical (unpaired) electrons. The second kappa shape index (κ2) is 9.19. The van der Waals surface area contributed by atoms with Gasteiger partial charge in [0.05, 0.1) is 44.1 Å². The van der Waals surface area contributed by atoms with Crippen LogP contribution in [0.3, 0.4) is 0 Å². The lowest BCUT2D eigenvalue weighted by atomic mass is 10.1. The predicted octanol–water partition coefficient (Wildman–Crippen LogP) is 2.57. The molecule has 1 aliphatic rings. The molecule has 4 rings (SSSR count). The number of carbonyl (C=O) groups is 1. The predicted molar refractivity (Wildman–Crippen MR) is 112 cm³/mol. The molecule has 1 N–H and O–H groups in total. The molecule has 1 fully saturated rings. The van der Waals surface area contributed by atoms with Gasteiger partial charge in [-0.2, -0.15) is 5.10 Å². The van der Waals surface area contributed by atoms with Crippen LogP contribution in [0.1, 0.15) is 11.7 Å². The number of aryl methyl sites for hydroxylation is 1. The number of rotatable bonds is 7. The molecule has 1 aliphatic heterocycles. The van der Waals surface area contributed by atoms with Gasteiger partial charge in [0.15, 0.2) is 24.0 Å². The molecule has 3 heterocycles. The Morgan fingerprint density at radius 2 is 2.10 bits per heavy atom. The van der Waals surface area contributed by atoms with E-state index in [1.807, 2.05) is 11.8 Å². The third-order valence-electron chi connectivity index (χ3n) is 5.07. The summed E-state index contributed by atoms with van der Waals surface area (Å²) < 4.78 is 26.1. The average Bonchev–Trinajstić information content (AvgIpc) is 3.24. The van der Waals surface area contributed by atoms with Crippen molar-refractivity contribution < 1.29 is 18.7 Å². The van der Waals surface area contributed by atoms with Crippen molar-refractivity contribution in [3.63, 3.8) is 0 Å². The first kappa shape index (κ1) is 20.9. The summed E-state index contributed by atoms with van der Waals surface area (Å²) in [6, 6.07) is 4.69. The van der Waals surface area contributed by atoms with E-state index in [2.05, 4.69) is 20.4 Å². The monoisotopic (exact) mass is 426 g/mol. The topological polar surface area (TPSA) is 94.4 Å². The van der Waals surface area contributed by atoms with Crippen LogP contribution < -0.4 is 10.1 Å². The van der Waals surface area contributed by atoms with E-state index >= 15 is 0 Å². The Morgan fingerprint density at radius 3 is 2.81 bits per heavy atom. The van der Waals surface area contributed by atoms with Gasteiger partial charge in [0.2, 0.25) is 5.95 Å². The number of ether oxygens (including phenoxy) is 2. The molecule has 0 bridgehead atoms. The van der Waals surface area contributed by atoms with Gasteiger partial charge >= 0.3 is 0 Å². The van der Waals surface area contributed by atoms with E-state index in [1.54, 1.807) is 35.4 Å². The third-order valence-corrected chi connectivity index (χ3v) is 5.07. The number of halogens is 1. The standard InChI is InChI=1S/C21H23FN6O3/c1-14-10-23-21(26-20(14)15-3-4-18(30-2)17(22)9-15)25-16-11-24-28(12-16)19(13-29)27-5-7-31-8-6-27/h3-4,9-13,19H,5-8H2,1-2H3,(H,23,25,26). The second-order valence-corrected chi connectivity index (χ2v) is 7.11. The summed E-state index contributed by atoms with van der Waals surface area (Å²) in [6.07, 6.45) is 5.35. The first-order chi connectivity index (χ1) is 15.1. The van der Waals surface area contributed by atoms with Crippen LogP contribution in [0.4, 0.5) is 16.0 Å². The molecule has 31 heavy (non-hydrogen) atoms. The Bertz CT molecular complexity index is 1070. The van der Waals surface area contributed by atoms with Crippen LogP contribution in [0.25, 0.3) is 11.3 Å². The molecule has 1 atom stereocenters. The molecule has 2 aromatic heterocycles. The highest BCUT2D eigenvalue weighted by Crippen LogP contribution is 2.27. The molecule has 3 aromatic rings. The minimum Gasteiger partial charge on any atom is -0.494 e. The van der Waals surface area contributed by atoms with Crippen molar-refractivity contribution in [3.8, 4) is 17.0 Å². The lowest BCUT2D eigenvalue weighted by molar-refractivity contribution is -0.118. The first-order valence-corrected chi connectivity index (χ1v) is 9.85. The molecule has 162 valence electrons. The maximum absolute atomic E-state index is 14.1. The fourth-order valence-corrected chi connectivity index (χ4v) is 3.44. The summed E-state index contributed by atoms with van der Waals surface area (Å²) in [5.74, 6) is 0.0495. The minimum atomic E-state index is -0.503. The van der Waals surface area contributed by atoms with Gasteiger partial charge in [0.1, 0.15) is 0 Å². The van der Waals surface area contributed by atoms with Crippen LogP contribution in [0.15, 0.2) is 36.8 Å². The fraction of sp³-hybridized carbons (Fsp3) is 0.333. The number of nitrogens with zero attached hydrogens (tertiary/aromatic N) is 5. The zero-order chi connectivity index (χ0) is 21.8. The summed E-state index contributed by atoms with van der Waals surface area (Å²) in [6.45, 7) is 4.35. The van der Waals surface area contributed by atoms with E-state index < -0.39 is 12.0 Å². The van der Waals surface area contributed by atoms with Crippen LogP contribution in [-0.4, -0.2) is 64.3 Å². The van der Waals surface area contributed by atoms with Crippen molar-refractivity contribution in [1.29, 1.82) is 0 Å². The van der Waals surface area contributed by atoms with Crippen molar-refractivity contribution in [2.24, 2.45) is 0 Å². The number of morpholine rings is 1. The smallest absolute Gasteiger partial charge is 0.227 e. The van der Waals surface area contributed by atoms with Crippen LogP contribution in [0, 0.1) is 12.7 Å². The Hall–Kier alpha value is -3.37. The third kappa shape index (κ3) is 4.54. The van der Waals surface area contributed by atoms with Gasteiger partial charge in [-0.3, -0.25) is 9.69 Å². The zero-order valence-corrected chi connectivity index (χ0v) is 17.3. The van der Waals surface area contributed by atoms with Crippen LogP contribution in [0.5, 0.6) is 5.75 Å². The quantitative estimate of drug-likeness (QED) is 0.576. The Morgan fingerprint density at radius 1 is 1.29 bits per heavy atom. The van der Waals surface area contributed by atoms with Gasteiger partial charge in [-0.15, -0.1) is 0 Å². The normalized spacial score (nSPS) is 15.5. The van der Waals surface area contributed by atoms with Gasteiger partial charge < -0.3 is 14.8 Å². The molecule has 10 heteroatoms. The molecule has 9 nitrogen and oxygen atoms in total. The van der Waals surface area contributed by atoms with E-state index in [9.17, 15) is 9.18 Å². The second-order valence-electron chi connectivity index (χ2n) is 7.11. The fourth-order valence-electron chi connectivity index (χ4n) is 3.44. The number of aldehydes is 1. The molecule has 1 aromatic carbocycles. The number of benzene rings is 1. The molecule has 0 aliphatic carbocycles. The van der Waals surface area contributed by atoms with Gasteiger partial charge in [-0.25, -0.2) is 19.0 Å². The van der Waals surface area contributed by atoms with E-state index in [-0.39, 0.29) is 5.75 Å². The zero-order valence-electron chi connectivity index (χ0n) is 17.3. The molecular formula is C21H23FN6O3. The van der Waals surface area contributed by atoms with Crippen molar-refractivity contribution >= 4 is 17.9 Å². The molecule has 1 unspecified atom stereocenters. The van der Waals surface area contributed by atoms with E-state index in [1.165, 1.54) is 13.2 Å². The molecule has 0 saturated carbocycles. The van der Waals surface area contributed by atoms with E-state index in [0.29, 0.717) is 49.2 Å². The summed E-state index contributed by atoms with van der Waals surface area (Å²) in [4.78, 5) is 22.5. The number of hydrogen-bond donors (Lipinski definition) is 1. The molecule has 1 saturated heterocycles. The number of aromatic nitrogens is 4. The molecule has 0 spiro atoms. The van der Waals surface area contributed by atoms with Gasteiger partial charge in [0.25, 0.3) is 0 Å². The summed E-state index contributed by atoms with van der Waals surface area (Å²) in [7, 11) is 1.42. The number of carbonyl (C=O) groups excluding carboxylic acids is 1. The number of hydrogen-bond acceptors (Lipinski definition) is 8. The van der Waals surface area contributed by atoms with Crippen molar-refractivity contribution in [2.45, 2.75) is 13.1 Å². The van der Waals surface area contributed by atoms with Crippen LogP contribution >= 0.6 is 0 Å². The Kier molecular flexibility index (Phi) is 6.19. The highest BCUT2D eigenvalue weighted by atomic mass is 19.1. The van der Waals surface area contributed by atoms with Crippen molar-refractivity contribution in [1.82, 2.24) is 24.6 Å². The average molecular weight is 426 g/mol. The lowest BCUT2D eigenvalue weighted by Gasteiger charge is -2.31. The largest absolute Gasteiger partial charge is 0.494 e. The summed E-state index contributed by atoms with van der Waals surface area (Å²) in [5.41, 5.74) is 2.66. The van der Waals surface area contributed by atoms with Crippen LogP contribution in [-0.2, 0) is 9.53 Å². The minimum absolute atomic E-state index is 0.172. The summed E-state index contributed by atoms with van der Waals surface area (Å²) >= 11 is 0. The Labute approximate surface area is 178 Å². The molecule has 0 amide bonds. The highest BCUT2D eigenvalue weighted by molar-refractivity contribution is 5.66. The SMILES string of the molecule is COc1ccc(-c2nc(Nc3cnn(C(C=O)N4CCOCC4)c3)ncc2C)cc1F. The highest BCUT2D eigenvalue weighted by Gasteiger charge is 2.22. The number of nitrogens with one attached hydrogen (secondary N) is 1.